The molecule has 92 valence electrons. The monoisotopic (exact) mass is 301 g/mol. The summed E-state index contributed by atoms with van der Waals surface area (Å²) in [6, 6.07) is 5.39. The Morgan fingerprint density at radius 1 is 1.35 bits per heavy atom. The second kappa shape index (κ2) is 6.24. The zero-order valence-corrected chi connectivity index (χ0v) is 11.0. The highest BCUT2D eigenvalue weighted by atomic mass is 79.9. The maximum absolute atomic E-state index is 11.2. The number of carbonyl (C=O) groups excluding carboxylic acids is 2. The average molecular weight is 302 g/mol. The van der Waals surface area contributed by atoms with Gasteiger partial charge in [0.25, 0.3) is 0 Å². The van der Waals surface area contributed by atoms with Crippen molar-refractivity contribution in [1.82, 2.24) is 5.32 Å². The molecule has 1 N–H and O–H groups in total. The fourth-order valence-electron chi connectivity index (χ4n) is 1.23. The molecule has 17 heavy (non-hydrogen) atoms. The van der Waals surface area contributed by atoms with Gasteiger partial charge in [0.1, 0.15) is 5.75 Å². The first-order valence-electron chi connectivity index (χ1n) is 4.77. The third-order valence-electron chi connectivity index (χ3n) is 2.05. The van der Waals surface area contributed by atoms with Crippen molar-refractivity contribution >= 4 is 27.8 Å². The van der Waals surface area contributed by atoms with Crippen LogP contribution in [0, 0.1) is 0 Å². The molecule has 6 heteroatoms. The van der Waals surface area contributed by atoms with E-state index in [0.717, 1.165) is 17.1 Å². The van der Waals surface area contributed by atoms with Gasteiger partial charge in [-0.15, -0.1) is 0 Å². The molecule has 0 unspecified atom stereocenters. The van der Waals surface area contributed by atoms with E-state index in [4.69, 9.17) is 4.74 Å². The van der Waals surface area contributed by atoms with Crippen LogP contribution in [0.25, 0.3) is 0 Å². The Labute approximate surface area is 107 Å². The third kappa shape index (κ3) is 3.74. The summed E-state index contributed by atoms with van der Waals surface area (Å²) in [5, 5.41) is 2.44. The minimum Gasteiger partial charge on any atom is -0.496 e. The smallest absolute Gasteiger partial charge is 0.396 e. The molecule has 0 bridgehead atoms. The number of amides is 1. The van der Waals surface area contributed by atoms with E-state index in [1.807, 2.05) is 6.07 Å². The first-order chi connectivity index (χ1) is 8.08. The van der Waals surface area contributed by atoms with Crippen LogP contribution in [0.1, 0.15) is 5.56 Å². The Balaban J connectivity index is 2.71. The molecule has 5 nitrogen and oxygen atoms in total. The van der Waals surface area contributed by atoms with Crippen LogP contribution in [0.3, 0.4) is 0 Å². The summed E-state index contributed by atoms with van der Waals surface area (Å²) in [6.45, 7) is 0.191. The Morgan fingerprint density at radius 2 is 2.06 bits per heavy atom. The molecule has 0 saturated carbocycles. The van der Waals surface area contributed by atoms with Gasteiger partial charge in [0.2, 0.25) is 0 Å². The number of ether oxygens (including phenoxy) is 2. The van der Waals surface area contributed by atoms with Gasteiger partial charge in [0, 0.05) is 16.6 Å². The third-order valence-corrected chi connectivity index (χ3v) is 2.55. The minimum absolute atomic E-state index is 0.191. The van der Waals surface area contributed by atoms with Crippen LogP contribution < -0.4 is 10.1 Å². The summed E-state index contributed by atoms with van der Waals surface area (Å²) in [4.78, 5) is 22.1. The minimum atomic E-state index is -0.918. The van der Waals surface area contributed by atoms with E-state index in [2.05, 4.69) is 26.0 Å². The molecular formula is C11H12BrNO4. The molecule has 1 aromatic carbocycles. The summed E-state index contributed by atoms with van der Waals surface area (Å²) < 4.78 is 10.3. The highest BCUT2D eigenvalue weighted by Gasteiger charge is 2.13. The van der Waals surface area contributed by atoms with Gasteiger partial charge in [0.15, 0.2) is 0 Å². The normalized spacial score (nSPS) is 9.59. The van der Waals surface area contributed by atoms with Crippen LogP contribution in [0.5, 0.6) is 5.75 Å². The number of benzene rings is 1. The zero-order chi connectivity index (χ0) is 12.8. The number of hydrogen-bond acceptors (Lipinski definition) is 4. The Morgan fingerprint density at radius 3 is 2.65 bits per heavy atom. The second-order valence-corrected chi connectivity index (χ2v) is 4.05. The zero-order valence-electron chi connectivity index (χ0n) is 9.45. The molecule has 0 atom stereocenters. The molecule has 1 aromatic rings. The van der Waals surface area contributed by atoms with Crippen molar-refractivity contribution in [3.8, 4) is 5.75 Å². The predicted octanol–water partition coefficient (Wildman–Crippen LogP) is 1.25. The summed E-state index contributed by atoms with van der Waals surface area (Å²) in [5.74, 6) is -1.06. The van der Waals surface area contributed by atoms with Crippen molar-refractivity contribution < 1.29 is 19.1 Å². The van der Waals surface area contributed by atoms with Gasteiger partial charge in [-0.3, -0.25) is 4.79 Å². The summed E-state index contributed by atoms with van der Waals surface area (Å²) in [7, 11) is 2.69. The number of rotatable bonds is 3. The Hall–Kier alpha value is -1.56. The van der Waals surface area contributed by atoms with Gasteiger partial charge in [-0.05, 0) is 18.2 Å². The van der Waals surface area contributed by atoms with Gasteiger partial charge < -0.3 is 14.8 Å². The first-order valence-corrected chi connectivity index (χ1v) is 5.56. The largest absolute Gasteiger partial charge is 0.496 e. The summed E-state index contributed by atoms with van der Waals surface area (Å²) in [6.07, 6.45) is 0. The molecule has 0 spiro atoms. The van der Waals surface area contributed by atoms with Crippen LogP contribution >= 0.6 is 15.9 Å². The number of halogens is 1. The van der Waals surface area contributed by atoms with E-state index in [0.29, 0.717) is 5.75 Å². The van der Waals surface area contributed by atoms with E-state index < -0.39 is 11.9 Å². The maximum atomic E-state index is 11.2. The second-order valence-electron chi connectivity index (χ2n) is 3.13. The quantitative estimate of drug-likeness (QED) is 0.674. The van der Waals surface area contributed by atoms with Crippen LogP contribution in [0.4, 0.5) is 0 Å². The summed E-state index contributed by atoms with van der Waals surface area (Å²) in [5.41, 5.74) is 0.763. The number of esters is 1. The van der Waals surface area contributed by atoms with Crippen molar-refractivity contribution in [2.75, 3.05) is 14.2 Å². The molecule has 0 aliphatic rings. The molecular weight excluding hydrogens is 290 g/mol. The number of nitrogens with one attached hydrogen (secondary N) is 1. The molecule has 0 fully saturated rings. The van der Waals surface area contributed by atoms with E-state index in [1.54, 1.807) is 12.1 Å². The van der Waals surface area contributed by atoms with Gasteiger partial charge in [0.05, 0.1) is 14.2 Å². The lowest BCUT2D eigenvalue weighted by Crippen LogP contribution is -2.31. The van der Waals surface area contributed by atoms with Crippen molar-refractivity contribution in [1.29, 1.82) is 0 Å². The van der Waals surface area contributed by atoms with Crippen molar-refractivity contribution in [3.05, 3.63) is 28.2 Å². The van der Waals surface area contributed by atoms with Gasteiger partial charge in [-0.1, -0.05) is 15.9 Å². The van der Waals surface area contributed by atoms with Crippen molar-refractivity contribution in [3.63, 3.8) is 0 Å². The highest BCUT2D eigenvalue weighted by Crippen LogP contribution is 2.22. The van der Waals surface area contributed by atoms with Crippen LogP contribution in [0.15, 0.2) is 22.7 Å². The lowest BCUT2D eigenvalue weighted by molar-refractivity contribution is -0.152. The first kappa shape index (κ1) is 13.5. The molecule has 0 aromatic heterocycles. The number of carbonyl (C=O) groups is 2. The standard InChI is InChI=1S/C11H12BrNO4/c1-16-9-4-3-8(12)5-7(9)6-13-10(14)11(15)17-2/h3-5H,6H2,1-2H3,(H,13,14). The topological polar surface area (TPSA) is 64.6 Å². The highest BCUT2D eigenvalue weighted by molar-refractivity contribution is 9.10. The molecule has 0 aliphatic heterocycles. The van der Waals surface area contributed by atoms with E-state index in [9.17, 15) is 9.59 Å². The van der Waals surface area contributed by atoms with E-state index >= 15 is 0 Å². The van der Waals surface area contributed by atoms with E-state index in [1.165, 1.54) is 7.11 Å². The van der Waals surface area contributed by atoms with Gasteiger partial charge in [-0.2, -0.15) is 0 Å². The average Bonchev–Trinajstić information content (AvgIpc) is 2.35. The van der Waals surface area contributed by atoms with Crippen LogP contribution in [0.2, 0.25) is 0 Å². The molecule has 0 radical (unpaired) electrons. The van der Waals surface area contributed by atoms with Crippen LogP contribution in [-0.2, 0) is 20.9 Å². The number of hydrogen-bond donors (Lipinski definition) is 1. The number of methoxy groups -OCH3 is 2. The van der Waals surface area contributed by atoms with E-state index in [-0.39, 0.29) is 6.54 Å². The lowest BCUT2D eigenvalue weighted by atomic mass is 10.2. The lowest BCUT2D eigenvalue weighted by Gasteiger charge is -2.09. The Bertz CT molecular complexity index is 433. The van der Waals surface area contributed by atoms with Gasteiger partial charge >= 0.3 is 11.9 Å². The van der Waals surface area contributed by atoms with Crippen molar-refractivity contribution in [2.45, 2.75) is 6.54 Å². The fourth-order valence-corrected chi connectivity index (χ4v) is 1.63. The SMILES string of the molecule is COC(=O)C(=O)NCc1cc(Br)ccc1OC. The Kier molecular flexibility index (Phi) is 4.96. The van der Waals surface area contributed by atoms with Gasteiger partial charge in [-0.25, -0.2) is 4.79 Å². The molecule has 0 saturated heterocycles. The molecule has 0 heterocycles. The predicted molar refractivity (Wildman–Crippen MR) is 64.6 cm³/mol. The maximum Gasteiger partial charge on any atom is 0.396 e. The fraction of sp³-hybridized carbons (Fsp3) is 0.273. The van der Waals surface area contributed by atoms with Crippen LogP contribution in [-0.4, -0.2) is 26.1 Å². The molecule has 0 aliphatic carbocycles. The summed E-state index contributed by atoms with van der Waals surface area (Å²) >= 11 is 3.32. The molecule has 1 amide bonds. The molecule has 1 rings (SSSR count). The van der Waals surface area contributed by atoms with Crippen molar-refractivity contribution in [2.24, 2.45) is 0 Å².